The number of nitrogens with two attached hydrogens (primary N) is 1. The molecule has 1 aliphatic rings. The molecule has 0 amide bonds. The van der Waals surface area contributed by atoms with Gasteiger partial charge in [0.05, 0.1) is 24.1 Å². The second-order valence-electron chi connectivity index (χ2n) is 4.44. The minimum absolute atomic E-state index is 0.279. The van der Waals surface area contributed by atoms with Gasteiger partial charge in [-0.3, -0.25) is 0 Å². The van der Waals surface area contributed by atoms with Crippen molar-refractivity contribution >= 4 is 11.4 Å². The van der Waals surface area contributed by atoms with E-state index in [4.69, 9.17) is 10.5 Å². The van der Waals surface area contributed by atoms with E-state index in [2.05, 4.69) is 5.32 Å². The number of ether oxygens (including phenoxy) is 1. The topological polar surface area (TPSA) is 47.3 Å². The van der Waals surface area contributed by atoms with Gasteiger partial charge in [-0.15, -0.1) is 0 Å². The minimum Gasteiger partial charge on any atom is -0.397 e. The molecule has 0 aliphatic heterocycles. The summed E-state index contributed by atoms with van der Waals surface area (Å²) in [6.07, 6.45) is 5.30. The van der Waals surface area contributed by atoms with E-state index in [0.717, 1.165) is 0 Å². The van der Waals surface area contributed by atoms with Crippen molar-refractivity contribution < 1.29 is 9.13 Å². The number of anilines is 2. The van der Waals surface area contributed by atoms with Crippen LogP contribution in [0.2, 0.25) is 0 Å². The summed E-state index contributed by atoms with van der Waals surface area (Å²) >= 11 is 0. The van der Waals surface area contributed by atoms with E-state index in [0.29, 0.717) is 30.6 Å². The largest absolute Gasteiger partial charge is 0.397 e. The van der Waals surface area contributed by atoms with Gasteiger partial charge >= 0.3 is 0 Å². The van der Waals surface area contributed by atoms with Crippen LogP contribution >= 0.6 is 0 Å². The Bertz CT molecular complexity index is 364. The Labute approximate surface area is 101 Å². The zero-order chi connectivity index (χ0) is 12.1. The normalized spacial score (nSPS) is 16.3. The first-order valence-electron chi connectivity index (χ1n) is 6.16. The number of nitrogens with one attached hydrogen (secondary N) is 1. The summed E-state index contributed by atoms with van der Waals surface area (Å²) in [5.41, 5.74) is 6.93. The van der Waals surface area contributed by atoms with Gasteiger partial charge in [-0.1, -0.05) is 12.8 Å². The minimum atomic E-state index is -0.279. The average molecular weight is 238 g/mol. The average Bonchev–Trinajstić information content (AvgIpc) is 2.82. The SMILES string of the molecule is Nc1ccc(F)cc1NCCOC1CCCC1. The van der Waals surface area contributed by atoms with Crippen molar-refractivity contribution in [3.05, 3.63) is 24.0 Å². The van der Waals surface area contributed by atoms with E-state index >= 15 is 0 Å². The van der Waals surface area contributed by atoms with E-state index in [-0.39, 0.29) is 5.82 Å². The third-order valence-corrected chi connectivity index (χ3v) is 3.09. The fraction of sp³-hybridized carbons (Fsp3) is 0.538. The molecule has 1 fully saturated rings. The van der Waals surface area contributed by atoms with Gasteiger partial charge in [-0.2, -0.15) is 0 Å². The molecule has 0 unspecified atom stereocenters. The van der Waals surface area contributed by atoms with Gasteiger partial charge in [0.2, 0.25) is 0 Å². The number of halogens is 1. The number of rotatable bonds is 5. The Hall–Kier alpha value is -1.29. The molecule has 0 radical (unpaired) electrons. The van der Waals surface area contributed by atoms with Crippen LogP contribution in [-0.2, 0) is 4.74 Å². The molecule has 17 heavy (non-hydrogen) atoms. The van der Waals surface area contributed by atoms with Gasteiger partial charge in [-0.05, 0) is 31.0 Å². The van der Waals surface area contributed by atoms with E-state index in [1.165, 1.54) is 37.8 Å². The van der Waals surface area contributed by atoms with E-state index < -0.39 is 0 Å². The maximum Gasteiger partial charge on any atom is 0.125 e. The van der Waals surface area contributed by atoms with Gasteiger partial charge in [-0.25, -0.2) is 4.39 Å². The fourth-order valence-corrected chi connectivity index (χ4v) is 2.15. The molecule has 3 nitrogen and oxygen atoms in total. The van der Waals surface area contributed by atoms with Crippen molar-refractivity contribution in [1.29, 1.82) is 0 Å². The third-order valence-electron chi connectivity index (χ3n) is 3.09. The highest BCUT2D eigenvalue weighted by atomic mass is 19.1. The standard InChI is InChI=1S/C13H19FN2O/c14-10-5-6-12(15)13(9-10)16-7-8-17-11-3-1-2-4-11/h5-6,9,11,16H,1-4,7-8,15H2. The van der Waals surface area contributed by atoms with E-state index in [9.17, 15) is 4.39 Å². The van der Waals surface area contributed by atoms with Crippen LogP contribution in [0.3, 0.4) is 0 Å². The third kappa shape index (κ3) is 3.60. The molecule has 4 heteroatoms. The molecular formula is C13H19FN2O. The summed E-state index contributed by atoms with van der Waals surface area (Å²) in [4.78, 5) is 0. The van der Waals surface area contributed by atoms with Crippen molar-refractivity contribution in [3.8, 4) is 0 Å². The molecule has 0 atom stereocenters. The van der Waals surface area contributed by atoms with Crippen LogP contribution in [0.4, 0.5) is 15.8 Å². The second-order valence-corrected chi connectivity index (χ2v) is 4.44. The molecule has 1 aromatic carbocycles. The lowest BCUT2D eigenvalue weighted by atomic mass is 10.2. The van der Waals surface area contributed by atoms with Crippen LogP contribution < -0.4 is 11.1 Å². The van der Waals surface area contributed by atoms with Gasteiger partial charge in [0.25, 0.3) is 0 Å². The highest BCUT2D eigenvalue weighted by Crippen LogP contribution is 2.21. The zero-order valence-electron chi connectivity index (χ0n) is 9.92. The number of hydrogen-bond acceptors (Lipinski definition) is 3. The monoisotopic (exact) mass is 238 g/mol. The van der Waals surface area contributed by atoms with Crippen molar-refractivity contribution in [2.75, 3.05) is 24.2 Å². The quantitative estimate of drug-likeness (QED) is 0.612. The lowest BCUT2D eigenvalue weighted by Crippen LogP contribution is -2.16. The molecule has 0 heterocycles. The number of hydrogen-bond donors (Lipinski definition) is 2. The molecule has 3 N–H and O–H groups in total. The molecule has 2 rings (SSSR count). The Kier molecular flexibility index (Phi) is 4.20. The predicted molar refractivity (Wildman–Crippen MR) is 67.5 cm³/mol. The highest BCUT2D eigenvalue weighted by molar-refractivity contribution is 5.65. The summed E-state index contributed by atoms with van der Waals surface area (Å²) < 4.78 is 18.7. The summed E-state index contributed by atoms with van der Waals surface area (Å²) in [5, 5.41) is 3.09. The van der Waals surface area contributed by atoms with Crippen LogP contribution in [-0.4, -0.2) is 19.3 Å². The van der Waals surface area contributed by atoms with Crippen molar-refractivity contribution in [2.24, 2.45) is 0 Å². The summed E-state index contributed by atoms with van der Waals surface area (Å²) in [7, 11) is 0. The van der Waals surface area contributed by atoms with Crippen molar-refractivity contribution in [3.63, 3.8) is 0 Å². The predicted octanol–water partition coefficient (Wildman–Crippen LogP) is 2.78. The van der Waals surface area contributed by atoms with Crippen LogP contribution in [0.5, 0.6) is 0 Å². The second kappa shape index (κ2) is 5.87. The number of benzene rings is 1. The van der Waals surface area contributed by atoms with Crippen LogP contribution in [0.15, 0.2) is 18.2 Å². The summed E-state index contributed by atoms with van der Waals surface area (Å²) in [6.45, 7) is 1.30. The maximum atomic E-state index is 13.0. The summed E-state index contributed by atoms with van der Waals surface area (Å²) in [6, 6.07) is 4.33. The van der Waals surface area contributed by atoms with Crippen LogP contribution in [0.1, 0.15) is 25.7 Å². The molecule has 1 saturated carbocycles. The first-order chi connectivity index (χ1) is 8.25. The van der Waals surface area contributed by atoms with Gasteiger partial charge in [0.1, 0.15) is 5.82 Å². The molecule has 94 valence electrons. The van der Waals surface area contributed by atoms with Crippen LogP contribution in [0, 0.1) is 5.82 Å². The van der Waals surface area contributed by atoms with Gasteiger partial charge in [0.15, 0.2) is 0 Å². The van der Waals surface area contributed by atoms with Gasteiger partial charge < -0.3 is 15.8 Å². The molecular weight excluding hydrogens is 219 g/mol. The van der Waals surface area contributed by atoms with Crippen LogP contribution in [0.25, 0.3) is 0 Å². The zero-order valence-corrected chi connectivity index (χ0v) is 9.92. The smallest absolute Gasteiger partial charge is 0.125 e. The Morgan fingerprint density at radius 3 is 2.88 bits per heavy atom. The molecule has 1 aromatic rings. The first-order valence-corrected chi connectivity index (χ1v) is 6.16. The maximum absolute atomic E-state index is 13.0. The highest BCUT2D eigenvalue weighted by Gasteiger charge is 2.14. The van der Waals surface area contributed by atoms with E-state index in [1.54, 1.807) is 6.07 Å². The van der Waals surface area contributed by atoms with E-state index in [1.807, 2.05) is 0 Å². The Morgan fingerprint density at radius 2 is 2.12 bits per heavy atom. The van der Waals surface area contributed by atoms with Crippen molar-refractivity contribution in [1.82, 2.24) is 0 Å². The first kappa shape index (κ1) is 12.2. The lowest BCUT2D eigenvalue weighted by Gasteiger charge is -2.13. The molecule has 0 bridgehead atoms. The lowest BCUT2D eigenvalue weighted by molar-refractivity contribution is 0.0659. The molecule has 0 spiro atoms. The molecule has 0 aromatic heterocycles. The number of nitrogen functional groups attached to an aromatic ring is 1. The summed E-state index contributed by atoms with van der Waals surface area (Å²) in [5.74, 6) is -0.279. The Morgan fingerprint density at radius 1 is 1.35 bits per heavy atom. The van der Waals surface area contributed by atoms with Gasteiger partial charge in [0, 0.05) is 6.54 Å². The Balaban J connectivity index is 1.72. The molecule has 0 saturated heterocycles. The van der Waals surface area contributed by atoms with Crippen molar-refractivity contribution in [2.45, 2.75) is 31.8 Å². The molecule has 1 aliphatic carbocycles. The fourth-order valence-electron chi connectivity index (χ4n) is 2.15.